The summed E-state index contributed by atoms with van der Waals surface area (Å²) in [6, 6.07) is 1.09. The molecule has 1 heterocycles. The van der Waals surface area contributed by atoms with Crippen LogP contribution in [0.1, 0.15) is 27.5 Å². The largest absolute Gasteiger partial charge is 0.475 e. The van der Waals surface area contributed by atoms with Crippen LogP contribution >= 0.6 is 0 Å². The molecule has 16 heavy (non-hydrogen) atoms. The monoisotopic (exact) mass is 227 g/mol. The lowest BCUT2D eigenvalue weighted by Gasteiger charge is -2.01. The summed E-state index contributed by atoms with van der Waals surface area (Å²) in [5.74, 6) is -2.03. The van der Waals surface area contributed by atoms with Crippen molar-refractivity contribution in [2.75, 3.05) is 20.1 Å². The van der Waals surface area contributed by atoms with Crippen LogP contribution in [0.2, 0.25) is 0 Å². The van der Waals surface area contributed by atoms with E-state index in [1.54, 1.807) is 0 Å². The first kappa shape index (κ1) is 12.2. The standard InChI is InChI=1S/C9H13N3O4/c1-10-3-2-4-11-8(13)6-5-7(9(14)15)16-12-6/h5,10H,2-4H2,1H3,(H,11,13)(H,14,15). The van der Waals surface area contributed by atoms with Crippen LogP contribution in [-0.2, 0) is 0 Å². The van der Waals surface area contributed by atoms with Gasteiger partial charge in [-0.2, -0.15) is 0 Å². The van der Waals surface area contributed by atoms with Crippen LogP contribution in [0.3, 0.4) is 0 Å². The third-order valence-electron chi connectivity index (χ3n) is 1.84. The van der Waals surface area contributed by atoms with E-state index in [9.17, 15) is 9.59 Å². The first-order valence-corrected chi connectivity index (χ1v) is 4.78. The van der Waals surface area contributed by atoms with Crippen molar-refractivity contribution < 1.29 is 19.2 Å². The number of amides is 1. The molecule has 1 aromatic rings. The number of carboxylic acid groups (broad SMARTS) is 1. The Balaban J connectivity index is 2.43. The lowest BCUT2D eigenvalue weighted by atomic mass is 10.3. The lowest BCUT2D eigenvalue weighted by molar-refractivity contribution is 0.0651. The minimum atomic E-state index is -1.25. The molecule has 0 unspecified atom stereocenters. The van der Waals surface area contributed by atoms with Gasteiger partial charge < -0.3 is 20.3 Å². The molecule has 0 aliphatic heterocycles. The summed E-state index contributed by atoms with van der Waals surface area (Å²) in [7, 11) is 1.82. The van der Waals surface area contributed by atoms with Gasteiger partial charge in [0.25, 0.3) is 5.91 Å². The number of aromatic nitrogens is 1. The number of nitrogens with zero attached hydrogens (tertiary/aromatic N) is 1. The number of rotatable bonds is 6. The van der Waals surface area contributed by atoms with Crippen molar-refractivity contribution in [2.24, 2.45) is 0 Å². The molecule has 3 N–H and O–H groups in total. The highest BCUT2D eigenvalue weighted by atomic mass is 16.5. The van der Waals surface area contributed by atoms with Crippen LogP contribution in [0.5, 0.6) is 0 Å². The van der Waals surface area contributed by atoms with Gasteiger partial charge in [0.05, 0.1) is 0 Å². The molecule has 0 radical (unpaired) electrons. The average molecular weight is 227 g/mol. The molecule has 7 heteroatoms. The van der Waals surface area contributed by atoms with Crippen molar-refractivity contribution in [3.05, 3.63) is 17.5 Å². The Hall–Kier alpha value is -1.89. The van der Waals surface area contributed by atoms with Crippen LogP contribution in [0.4, 0.5) is 0 Å². The first-order chi connectivity index (χ1) is 7.65. The summed E-state index contributed by atoms with van der Waals surface area (Å²) in [6.45, 7) is 1.29. The molecule has 0 aromatic carbocycles. The van der Waals surface area contributed by atoms with Gasteiger partial charge in [0.2, 0.25) is 5.76 Å². The SMILES string of the molecule is CNCCCNC(=O)c1cc(C(=O)O)on1. The van der Waals surface area contributed by atoms with Gasteiger partial charge in [-0.3, -0.25) is 4.79 Å². The predicted octanol–water partition coefficient (Wildman–Crippen LogP) is -0.288. The van der Waals surface area contributed by atoms with Gasteiger partial charge in [0.1, 0.15) is 0 Å². The summed E-state index contributed by atoms with van der Waals surface area (Å²) in [5, 5.41) is 17.4. The topological polar surface area (TPSA) is 104 Å². The zero-order chi connectivity index (χ0) is 12.0. The van der Waals surface area contributed by atoms with E-state index in [0.29, 0.717) is 6.54 Å². The molecule has 88 valence electrons. The number of carboxylic acids is 1. The number of hydrogen-bond acceptors (Lipinski definition) is 5. The zero-order valence-electron chi connectivity index (χ0n) is 8.82. The third-order valence-corrected chi connectivity index (χ3v) is 1.84. The lowest BCUT2D eigenvalue weighted by Crippen LogP contribution is -2.26. The Morgan fingerprint density at radius 1 is 1.50 bits per heavy atom. The fraction of sp³-hybridized carbons (Fsp3) is 0.444. The zero-order valence-corrected chi connectivity index (χ0v) is 8.82. The van der Waals surface area contributed by atoms with Crippen LogP contribution < -0.4 is 10.6 Å². The van der Waals surface area contributed by atoms with Crippen molar-refractivity contribution in [3.63, 3.8) is 0 Å². The highest BCUT2D eigenvalue weighted by Crippen LogP contribution is 2.02. The molecule has 0 spiro atoms. The number of aromatic carboxylic acids is 1. The summed E-state index contributed by atoms with van der Waals surface area (Å²) in [4.78, 5) is 21.9. The molecule has 0 aliphatic rings. The fourth-order valence-corrected chi connectivity index (χ4v) is 1.04. The van der Waals surface area contributed by atoms with Crippen molar-refractivity contribution >= 4 is 11.9 Å². The van der Waals surface area contributed by atoms with Crippen molar-refractivity contribution in [1.29, 1.82) is 0 Å². The van der Waals surface area contributed by atoms with E-state index in [2.05, 4.69) is 20.3 Å². The Labute approximate surface area is 91.8 Å². The van der Waals surface area contributed by atoms with Crippen LogP contribution in [0.25, 0.3) is 0 Å². The molecule has 0 atom stereocenters. The van der Waals surface area contributed by atoms with Gasteiger partial charge in [0, 0.05) is 12.6 Å². The Bertz CT molecular complexity index is 375. The van der Waals surface area contributed by atoms with Crippen molar-refractivity contribution in [3.8, 4) is 0 Å². The average Bonchev–Trinajstić information content (AvgIpc) is 2.73. The second-order valence-electron chi connectivity index (χ2n) is 3.09. The van der Waals surface area contributed by atoms with Crippen LogP contribution in [0, 0.1) is 0 Å². The molecule has 1 amide bonds. The Kier molecular flexibility index (Phi) is 4.46. The van der Waals surface area contributed by atoms with Gasteiger partial charge in [-0.15, -0.1) is 0 Å². The maximum absolute atomic E-state index is 11.4. The maximum atomic E-state index is 11.4. The van der Waals surface area contributed by atoms with E-state index >= 15 is 0 Å². The molecule has 0 saturated carbocycles. The molecule has 1 aromatic heterocycles. The van der Waals surface area contributed by atoms with E-state index < -0.39 is 11.9 Å². The summed E-state index contributed by atoms with van der Waals surface area (Å²) >= 11 is 0. The molecule has 0 saturated heterocycles. The van der Waals surface area contributed by atoms with Crippen molar-refractivity contribution in [1.82, 2.24) is 15.8 Å². The summed E-state index contributed by atoms with van der Waals surface area (Å²) < 4.78 is 4.45. The third kappa shape index (κ3) is 3.35. The number of hydrogen-bond donors (Lipinski definition) is 3. The quantitative estimate of drug-likeness (QED) is 0.577. The Morgan fingerprint density at radius 3 is 2.81 bits per heavy atom. The summed E-state index contributed by atoms with van der Waals surface area (Å²) in [6.07, 6.45) is 0.784. The predicted molar refractivity (Wildman–Crippen MR) is 54.3 cm³/mol. The second-order valence-corrected chi connectivity index (χ2v) is 3.09. The minimum absolute atomic E-state index is 0.0261. The molecular weight excluding hydrogens is 214 g/mol. The van der Waals surface area contributed by atoms with Gasteiger partial charge in [-0.1, -0.05) is 5.16 Å². The Morgan fingerprint density at radius 2 is 2.25 bits per heavy atom. The van der Waals surface area contributed by atoms with Gasteiger partial charge in [-0.25, -0.2) is 4.79 Å². The summed E-state index contributed by atoms with van der Waals surface area (Å²) in [5.41, 5.74) is -0.0261. The number of nitrogens with one attached hydrogen (secondary N) is 2. The second kappa shape index (κ2) is 5.86. The maximum Gasteiger partial charge on any atom is 0.374 e. The van der Waals surface area contributed by atoms with Gasteiger partial charge in [0.15, 0.2) is 5.69 Å². The molecule has 1 rings (SSSR count). The fourth-order valence-electron chi connectivity index (χ4n) is 1.04. The van der Waals surface area contributed by atoms with Crippen LogP contribution in [0.15, 0.2) is 10.6 Å². The minimum Gasteiger partial charge on any atom is -0.475 e. The highest BCUT2D eigenvalue weighted by Gasteiger charge is 2.15. The van der Waals surface area contributed by atoms with E-state index in [0.717, 1.165) is 19.0 Å². The molecule has 0 bridgehead atoms. The smallest absolute Gasteiger partial charge is 0.374 e. The van der Waals surface area contributed by atoms with E-state index in [1.807, 2.05) is 7.05 Å². The molecular formula is C9H13N3O4. The molecule has 7 nitrogen and oxygen atoms in total. The van der Waals surface area contributed by atoms with Gasteiger partial charge >= 0.3 is 5.97 Å². The number of carbonyl (C=O) groups excluding carboxylic acids is 1. The van der Waals surface area contributed by atoms with E-state index in [4.69, 9.17) is 5.11 Å². The van der Waals surface area contributed by atoms with Crippen LogP contribution in [-0.4, -0.2) is 42.3 Å². The van der Waals surface area contributed by atoms with E-state index in [1.165, 1.54) is 0 Å². The molecule has 0 fully saturated rings. The first-order valence-electron chi connectivity index (χ1n) is 4.78. The van der Waals surface area contributed by atoms with Crippen molar-refractivity contribution in [2.45, 2.75) is 6.42 Å². The normalized spacial score (nSPS) is 10.1. The molecule has 0 aliphatic carbocycles. The highest BCUT2D eigenvalue weighted by molar-refractivity contribution is 5.94. The van der Waals surface area contributed by atoms with E-state index in [-0.39, 0.29) is 11.5 Å². The van der Waals surface area contributed by atoms with Gasteiger partial charge in [-0.05, 0) is 20.0 Å². The number of carbonyl (C=O) groups is 2.